The number of piperidine rings is 1. The Labute approximate surface area is 122 Å². The zero-order chi connectivity index (χ0) is 14.8. The molecular weight excluding hydrogens is 280 g/mol. The van der Waals surface area contributed by atoms with E-state index in [1.807, 2.05) is 6.92 Å². The number of amides is 1. The lowest BCUT2D eigenvalue weighted by atomic mass is 9.79. The van der Waals surface area contributed by atoms with Gasteiger partial charge in [0.2, 0.25) is 0 Å². The third-order valence-electron chi connectivity index (χ3n) is 3.83. The van der Waals surface area contributed by atoms with Crippen LogP contribution in [0.1, 0.15) is 30.3 Å². The molecule has 1 aromatic rings. The summed E-state index contributed by atoms with van der Waals surface area (Å²) in [4.78, 5) is 18.0. The third kappa shape index (κ3) is 2.85. The van der Waals surface area contributed by atoms with Crippen LogP contribution in [0.3, 0.4) is 0 Å². The van der Waals surface area contributed by atoms with Crippen molar-refractivity contribution in [3.63, 3.8) is 0 Å². The maximum atomic E-state index is 12.3. The molecule has 0 spiro atoms. The minimum absolute atomic E-state index is 0.122. The zero-order valence-corrected chi connectivity index (χ0v) is 12.0. The molecule has 1 saturated heterocycles. The number of hydrogen-bond donors (Lipinski definition) is 2. The average molecular weight is 297 g/mol. The first-order valence-electron chi connectivity index (χ1n) is 6.35. The molecule has 1 aromatic heterocycles. The van der Waals surface area contributed by atoms with Crippen molar-refractivity contribution in [2.75, 3.05) is 13.1 Å². The Bertz CT molecular complexity index is 522. The molecular formula is C13H17ClN4O2. The predicted octanol–water partition coefficient (Wildman–Crippen LogP) is 1.72. The highest BCUT2D eigenvalue weighted by Gasteiger charge is 2.35. The van der Waals surface area contributed by atoms with Gasteiger partial charge in [-0.1, -0.05) is 23.7 Å². The second-order valence-corrected chi connectivity index (χ2v) is 5.64. The van der Waals surface area contributed by atoms with Crippen molar-refractivity contribution >= 4 is 23.3 Å². The lowest BCUT2D eigenvalue weighted by Gasteiger charge is -2.38. The van der Waals surface area contributed by atoms with Crippen molar-refractivity contribution in [2.45, 2.75) is 19.8 Å². The van der Waals surface area contributed by atoms with Crippen LogP contribution in [0.15, 0.2) is 23.5 Å². The predicted molar refractivity (Wildman–Crippen MR) is 75.9 cm³/mol. The van der Waals surface area contributed by atoms with Crippen LogP contribution in [0.4, 0.5) is 0 Å². The highest BCUT2D eigenvalue weighted by Crippen LogP contribution is 2.31. The summed E-state index contributed by atoms with van der Waals surface area (Å²) in [6, 6.07) is 3.26. The van der Waals surface area contributed by atoms with Crippen LogP contribution >= 0.6 is 11.6 Å². The van der Waals surface area contributed by atoms with Crippen molar-refractivity contribution in [1.82, 2.24) is 9.88 Å². The summed E-state index contributed by atoms with van der Waals surface area (Å²) >= 11 is 5.75. The number of likely N-dealkylation sites (tertiary alicyclic amines) is 1. The van der Waals surface area contributed by atoms with E-state index in [9.17, 15) is 4.79 Å². The summed E-state index contributed by atoms with van der Waals surface area (Å²) in [5, 5.41) is 12.4. The topological polar surface area (TPSA) is 91.8 Å². The molecule has 7 heteroatoms. The molecule has 0 aliphatic carbocycles. The van der Waals surface area contributed by atoms with Gasteiger partial charge in [0, 0.05) is 24.7 Å². The Kier molecular flexibility index (Phi) is 4.13. The number of carbonyl (C=O) groups is 1. The number of nitrogens with two attached hydrogens (primary N) is 1. The fourth-order valence-electron chi connectivity index (χ4n) is 2.24. The standard InChI is InChI=1S/C13H17ClN4O2/c1-13(12(15)17-20)4-6-18(7-5-13)11(19)10-3-2-9(14)8-16-10/h2-3,8,20H,4-7H2,1H3,(H2,15,17). The molecule has 0 atom stereocenters. The molecule has 0 radical (unpaired) electrons. The van der Waals surface area contributed by atoms with Gasteiger partial charge in [0.1, 0.15) is 11.5 Å². The minimum Gasteiger partial charge on any atom is -0.409 e. The quantitative estimate of drug-likeness (QED) is 0.376. The lowest BCUT2D eigenvalue weighted by molar-refractivity contribution is 0.0660. The number of pyridine rings is 1. The number of hydrogen-bond acceptors (Lipinski definition) is 4. The Morgan fingerprint density at radius 1 is 1.50 bits per heavy atom. The minimum atomic E-state index is -0.362. The second kappa shape index (κ2) is 5.66. The highest BCUT2D eigenvalue weighted by atomic mass is 35.5. The molecule has 108 valence electrons. The molecule has 0 bridgehead atoms. The molecule has 1 amide bonds. The van der Waals surface area contributed by atoms with Crippen molar-refractivity contribution in [2.24, 2.45) is 16.3 Å². The first-order chi connectivity index (χ1) is 9.46. The first-order valence-corrected chi connectivity index (χ1v) is 6.73. The maximum absolute atomic E-state index is 12.3. The second-order valence-electron chi connectivity index (χ2n) is 5.20. The van der Waals surface area contributed by atoms with Gasteiger partial charge in [0.15, 0.2) is 0 Å². The van der Waals surface area contributed by atoms with E-state index in [4.69, 9.17) is 22.5 Å². The molecule has 0 unspecified atom stereocenters. The zero-order valence-electron chi connectivity index (χ0n) is 11.2. The number of rotatable bonds is 2. The summed E-state index contributed by atoms with van der Waals surface area (Å²) in [7, 11) is 0. The number of amidine groups is 1. The molecule has 2 rings (SSSR count). The van der Waals surface area contributed by atoms with Crippen LogP contribution in [0.5, 0.6) is 0 Å². The van der Waals surface area contributed by atoms with Crippen molar-refractivity contribution in [1.29, 1.82) is 0 Å². The summed E-state index contributed by atoms with van der Waals surface area (Å²) in [6.07, 6.45) is 2.77. The molecule has 20 heavy (non-hydrogen) atoms. The van der Waals surface area contributed by atoms with Crippen LogP contribution in [0.2, 0.25) is 5.02 Å². The summed E-state index contributed by atoms with van der Waals surface area (Å²) in [6.45, 7) is 3.04. The van der Waals surface area contributed by atoms with E-state index in [-0.39, 0.29) is 17.2 Å². The van der Waals surface area contributed by atoms with Gasteiger partial charge in [0.25, 0.3) is 5.91 Å². The molecule has 0 aromatic carbocycles. The molecule has 0 saturated carbocycles. The van der Waals surface area contributed by atoms with Gasteiger partial charge >= 0.3 is 0 Å². The Morgan fingerprint density at radius 2 is 2.15 bits per heavy atom. The number of halogens is 1. The number of carbonyl (C=O) groups excluding carboxylic acids is 1. The Balaban J connectivity index is 2.04. The van der Waals surface area contributed by atoms with E-state index in [2.05, 4.69) is 10.1 Å². The smallest absolute Gasteiger partial charge is 0.272 e. The molecule has 1 aliphatic rings. The van der Waals surface area contributed by atoms with E-state index >= 15 is 0 Å². The van der Waals surface area contributed by atoms with Gasteiger partial charge in [-0.2, -0.15) is 0 Å². The number of nitrogens with zero attached hydrogens (tertiary/aromatic N) is 3. The van der Waals surface area contributed by atoms with E-state index in [1.54, 1.807) is 17.0 Å². The Hall–Kier alpha value is -1.82. The lowest BCUT2D eigenvalue weighted by Crippen LogP contribution is -2.47. The summed E-state index contributed by atoms with van der Waals surface area (Å²) < 4.78 is 0. The van der Waals surface area contributed by atoms with Crippen LogP contribution in [-0.4, -0.2) is 39.9 Å². The third-order valence-corrected chi connectivity index (χ3v) is 4.05. The van der Waals surface area contributed by atoms with E-state index in [0.29, 0.717) is 36.6 Å². The van der Waals surface area contributed by atoms with Crippen molar-refractivity contribution in [3.8, 4) is 0 Å². The van der Waals surface area contributed by atoms with Crippen LogP contribution < -0.4 is 5.73 Å². The number of oxime groups is 1. The van der Waals surface area contributed by atoms with Gasteiger partial charge in [-0.05, 0) is 25.0 Å². The van der Waals surface area contributed by atoms with Crippen molar-refractivity contribution in [3.05, 3.63) is 29.0 Å². The molecule has 1 fully saturated rings. The van der Waals surface area contributed by atoms with Gasteiger partial charge in [-0.25, -0.2) is 4.98 Å². The van der Waals surface area contributed by atoms with Crippen LogP contribution in [0.25, 0.3) is 0 Å². The van der Waals surface area contributed by atoms with E-state index in [0.717, 1.165) is 0 Å². The molecule has 2 heterocycles. The molecule has 3 N–H and O–H groups in total. The first kappa shape index (κ1) is 14.6. The van der Waals surface area contributed by atoms with Gasteiger partial charge in [-0.15, -0.1) is 0 Å². The summed E-state index contributed by atoms with van der Waals surface area (Å²) in [5.41, 5.74) is 5.72. The fraction of sp³-hybridized carbons (Fsp3) is 0.462. The average Bonchev–Trinajstić information content (AvgIpc) is 2.47. The normalized spacial score (nSPS) is 18.9. The van der Waals surface area contributed by atoms with Gasteiger partial charge in [-0.3, -0.25) is 4.79 Å². The van der Waals surface area contributed by atoms with E-state index < -0.39 is 0 Å². The summed E-state index contributed by atoms with van der Waals surface area (Å²) in [5.74, 6) is 0.0949. The van der Waals surface area contributed by atoms with E-state index in [1.165, 1.54) is 6.20 Å². The molecule has 6 nitrogen and oxygen atoms in total. The largest absolute Gasteiger partial charge is 0.409 e. The van der Waals surface area contributed by atoms with Gasteiger partial charge < -0.3 is 15.8 Å². The number of aromatic nitrogens is 1. The van der Waals surface area contributed by atoms with Crippen molar-refractivity contribution < 1.29 is 10.0 Å². The monoisotopic (exact) mass is 296 g/mol. The van der Waals surface area contributed by atoms with Crippen LogP contribution in [-0.2, 0) is 0 Å². The fourth-order valence-corrected chi connectivity index (χ4v) is 2.36. The van der Waals surface area contributed by atoms with Crippen LogP contribution in [0, 0.1) is 5.41 Å². The molecule has 1 aliphatic heterocycles. The maximum Gasteiger partial charge on any atom is 0.272 e. The highest BCUT2D eigenvalue weighted by molar-refractivity contribution is 6.30. The van der Waals surface area contributed by atoms with Gasteiger partial charge in [0.05, 0.1) is 5.02 Å². The SMILES string of the molecule is CC1(/C(N)=N/O)CCN(C(=O)c2ccc(Cl)cn2)CC1. The Morgan fingerprint density at radius 3 is 2.65 bits per heavy atom.